The molecule has 2 amide bonds. The Morgan fingerprint density at radius 1 is 0.963 bits per heavy atom. The highest BCUT2D eigenvalue weighted by Gasteiger charge is 2.20. The zero-order valence-electron chi connectivity index (χ0n) is 14.2. The van der Waals surface area contributed by atoms with Crippen LogP contribution in [0.2, 0.25) is 0 Å². The summed E-state index contributed by atoms with van der Waals surface area (Å²) < 4.78 is 35.3. The van der Waals surface area contributed by atoms with Crippen molar-refractivity contribution in [1.82, 2.24) is 0 Å². The number of benzene rings is 2. The molecule has 0 unspecified atom stereocenters. The van der Waals surface area contributed by atoms with Gasteiger partial charge in [0.1, 0.15) is 0 Å². The van der Waals surface area contributed by atoms with Gasteiger partial charge in [0, 0.05) is 6.07 Å². The molecule has 4 N–H and O–H groups in total. The third kappa shape index (κ3) is 5.11. The lowest BCUT2D eigenvalue weighted by Crippen LogP contribution is -2.13. The second-order valence-corrected chi connectivity index (χ2v) is 4.81. The summed E-state index contributed by atoms with van der Waals surface area (Å²) in [7, 11) is 2.42. The van der Waals surface area contributed by atoms with Gasteiger partial charge in [0.2, 0.25) is 0 Å². The molecule has 2 rings (SSSR count). The number of ether oxygens (including phenoxy) is 2. The largest absolute Gasteiger partial charge is 0.493 e. The average Bonchev–Trinajstić information content (AvgIpc) is 2.60. The van der Waals surface area contributed by atoms with E-state index in [0.29, 0.717) is 6.07 Å². The lowest BCUT2D eigenvalue weighted by Gasteiger charge is -2.05. The molecule has 11 heteroatoms. The zero-order chi connectivity index (χ0) is 20.7. The molecule has 0 bridgehead atoms. The van der Waals surface area contributed by atoms with Crippen molar-refractivity contribution in [3.05, 3.63) is 63.2 Å². The Balaban J connectivity index is 0.000000277. The number of para-hydroxylation sites is 1. The number of nitro groups is 1. The third-order valence-electron chi connectivity index (χ3n) is 3.15. The summed E-state index contributed by atoms with van der Waals surface area (Å²) in [5, 5.41) is 10.4. The van der Waals surface area contributed by atoms with E-state index in [1.807, 2.05) is 0 Å². The fourth-order valence-corrected chi connectivity index (χ4v) is 1.99. The highest BCUT2D eigenvalue weighted by molar-refractivity contribution is 5.96. The molecular weight excluding hydrogens is 368 g/mol. The average molecular weight is 383 g/mol. The van der Waals surface area contributed by atoms with E-state index in [9.17, 15) is 28.5 Å². The second kappa shape index (κ2) is 9.08. The van der Waals surface area contributed by atoms with Crippen LogP contribution in [0.3, 0.4) is 0 Å². The number of carbonyl (C=O) groups excluding carboxylic acids is 2. The van der Waals surface area contributed by atoms with Gasteiger partial charge in [0.25, 0.3) is 17.5 Å². The van der Waals surface area contributed by atoms with Crippen molar-refractivity contribution in [1.29, 1.82) is 0 Å². The van der Waals surface area contributed by atoms with E-state index in [0.717, 1.165) is 13.2 Å². The third-order valence-corrected chi connectivity index (χ3v) is 3.15. The van der Waals surface area contributed by atoms with Crippen molar-refractivity contribution in [2.75, 3.05) is 14.2 Å². The number of amides is 2. The maximum Gasteiger partial charge on any atom is 0.273 e. The number of halogens is 2. The molecule has 0 aromatic heterocycles. The summed E-state index contributed by atoms with van der Waals surface area (Å²) in [6.45, 7) is 0. The van der Waals surface area contributed by atoms with Crippen LogP contribution in [0.4, 0.5) is 14.5 Å². The summed E-state index contributed by atoms with van der Waals surface area (Å²) >= 11 is 0. The molecular formula is C16H15F2N3O6. The van der Waals surface area contributed by atoms with Gasteiger partial charge < -0.3 is 20.9 Å². The molecule has 9 nitrogen and oxygen atoms in total. The molecule has 0 heterocycles. The van der Waals surface area contributed by atoms with Gasteiger partial charge in [0.15, 0.2) is 23.1 Å². The summed E-state index contributed by atoms with van der Waals surface area (Å²) in [6, 6.07) is 5.53. The fraction of sp³-hybridized carbons (Fsp3) is 0.125. The number of carbonyl (C=O) groups is 2. The predicted molar refractivity (Wildman–Crippen MR) is 89.6 cm³/mol. The van der Waals surface area contributed by atoms with Crippen molar-refractivity contribution < 1.29 is 32.8 Å². The first kappa shape index (κ1) is 21.3. The van der Waals surface area contributed by atoms with Crippen LogP contribution in [0.25, 0.3) is 0 Å². The summed E-state index contributed by atoms with van der Waals surface area (Å²) in [4.78, 5) is 31.1. The Hall–Kier alpha value is -3.76. The van der Waals surface area contributed by atoms with Crippen LogP contribution in [0.15, 0.2) is 30.3 Å². The molecule has 0 aliphatic carbocycles. The highest BCUT2D eigenvalue weighted by Crippen LogP contribution is 2.27. The van der Waals surface area contributed by atoms with E-state index in [4.69, 9.17) is 11.5 Å². The Kier molecular flexibility index (Phi) is 7.16. The first-order valence-corrected chi connectivity index (χ1v) is 7.08. The number of nitrogens with zero attached hydrogens (tertiary/aromatic N) is 1. The smallest absolute Gasteiger partial charge is 0.273 e. The second-order valence-electron chi connectivity index (χ2n) is 4.81. The number of hydrogen-bond donors (Lipinski definition) is 2. The van der Waals surface area contributed by atoms with Crippen LogP contribution in [0.5, 0.6) is 11.5 Å². The summed E-state index contributed by atoms with van der Waals surface area (Å²) in [5.41, 5.74) is 9.04. The summed E-state index contributed by atoms with van der Waals surface area (Å²) in [5.74, 6) is -3.78. The Morgan fingerprint density at radius 3 is 1.89 bits per heavy atom. The van der Waals surface area contributed by atoms with Gasteiger partial charge in [-0.15, -0.1) is 0 Å². The number of nitrogens with two attached hydrogens (primary N) is 2. The van der Waals surface area contributed by atoms with Crippen LogP contribution in [-0.2, 0) is 0 Å². The van der Waals surface area contributed by atoms with Gasteiger partial charge >= 0.3 is 0 Å². The van der Waals surface area contributed by atoms with Gasteiger partial charge in [-0.1, -0.05) is 6.07 Å². The van der Waals surface area contributed by atoms with Gasteiger partial charge in [0.05, 0.1) is 36.3 Å². The summed E-state index contributed by atoms with van der Waals surface area (Å²) in [6.07, 6.45) is 0. The van der Waals surface area contributed by atoms with Crippen LogP contribution in [0.1, 0.15) is 20.7 Å². The topological polar surface area (TPSA) is 148 Å². The zero-order valence-corrected chi connectivity index (χ0v) is 14.2. The lowest BCUT2D eigenvalue weighted by atomic mass is 10.1. The van der Waals surface area contributed by atoms with E-state index >= 15 is 0 Å². The molecule has 0 fully saturated rings. The molecule has 0 aliphatic rings. The number of hydrogen-bond acceptors (Lipinski definition) is 6. The van der Waals surface area contributed by atoms with Gasteiger partial charge in [-0.3, -0.25) is 19.7 Å². The van der Waals surface area contributed by atoms with Crippen LogP contribution in [0, 0.1) is 21.7 Å². The number of non-ortho nitro benzene ring substituents is 1. The molecule has 0 spiro atoms. The van der Waals surface area contributed by atoms with Crippen LogP contribution < -0.4 is 20.9 Å². The molecule has 0 aliphatic heterocycles. The van der Waals surface area contributed by atoms with Gasteiger partial charge in [-0.2, -0.15) is 0 Å². The molecule has 2 aromatic carbocycles. The quantitative estimate of drug-likeness (QED) is 0.594. The molecule has 144 valence electrons. The molecule has 27 heavy (non-hydrogen) atoms. The van der Waals surface area contributed by atoms with E-state index in [1.165, 1.54) is 25.3 Å². The Morgan fingerprint density at radius 2 is 1.48 bits per heavy atom. The molecule has 0 atom stereocenters. The van der Waals surface area contributed by atoms with Crippen LogP contribution in [-0.4, -0.2) is 31.0 Å². The highest BCUT2D eigenvalue weighted by atomic mass is 19.1. The maximum absolute atomic E-state index is 13.2. The van der Waals surface area contributed by atoms with Crippen molar-refractivity contribution in [3.63, 3.8) is 0 Å². The van der Waals surface area contributed by atoms with Crippen molar-refractivity contribution >= 4 is 17.5 Å². The first-order valence-electron chi connectivity index (χ1n) is 7.08. The monoisotopic (exact) mass is 383 g/mol. The van der Waals surface area contributed by atoms with E-state index in [-0.39, 0.29) is 16.9 Å². The van der Waals surface area contributed by atoms with E-state index < -0.39 is 39.8 Å². The normalized spacial score (nSPS) is 9.63. The van der Waals surface area contributed by atoms with Crippen molar-refractivity contribution in [2.24, 2.45) is 11.5 Å². The standard InChI is InChI=1S/C8H7FN2O4.C8H8FNO2/c1-15-7-5(8(10)12)2-4(11(13)14)3-6(7)9;1-12-7-5(8(10)11)3-2-4-6(7)9/h2-3H,1H3,(H2,10,12);2-4H,1H3,(H2,10,11). The number of rotatable bonds is 5. The molecule has 0 radical (unpaired) electrons. The SMILES string of the molecule is COc1c(F)cc([N+](=O)[O-])cc1C(N)=O.COc1c(F)cccc1C(N)=O. The number of primary amides is 2. The van der Waals surface area contributed by atoms with Gasteiger partial charge in [-0.25, -0.2) is 8.78 Å². The predicted octanol–water partition coefficient (Wildman–Crippen LogP) is 1.77. The molecule has 0 saturated carbocycles. The Labute approximate surface area is 151 Å². The maximum atomic E-state index is 13.2. The number of nitro benzene ring substituents is 1. The number of methoxy groups -OCH3 is 2. The first-order chi connectivity index (χ1) is 12.6. The van der Waals surface area contributed by atoms with E-state index in [2.05, 4.69) is 9.47 Å². The van der Waals surface area contributed by atoms with Crippen molar-refractivity contribution in [3.8, 4) is 11.5 Å². The molecule has 2 aromatic rings. The molecule has 0 saturated heterocycles. The fourth-order valence-electron chi connectivity index (χ4n) is 1.99. The van der Waals surface area contributed by atoms with Crippen molar-refractivity contribution in [2.45, 2.75) is 0 Å². The Bertz CT molecular complexity index is 889. The van der Waals surface area contributed by atoms with Gasteiger partial charge in [-0.05, 0) is 12.1 Å². The van der Waals surface area contributed by atoms with E-state index in [1.54, 1.807) is 0 Å². The minimum absolute atomic E-state index is 0.0532. The minimum Gasteiger partial charge on any atom is -0.493 e. The lowest BCUT2D eigenvalue weighted by molar-refractivity contribution is -0.385. The van der Waals surface area contributed by atoms with Crippen LogP contribution >= 0.6 is 0 Å². The minimum atomic E-state index is -1.000.